The van der Waals surface area contributed by atoms with E-state index >= 15 is 0 Å². The Morgan fingerprint density at radius 3 is 2.50 bits per heavy atom. The zero-order valence-corrected chi connectivity index (χ0v) is 11.6. The van der Waals surface area contributed by atoms with Crippen LogP contribution < -0.4 is 14.8 Å². The molecule has 0 aliphatic carbocycles. The first-order valence-electron chi connectivity index (χ1n) is 6.25. The second-order valence-corrected chi connectivity index (χ2v) is 4.32. The molecular weight excluding hydrogens is 230 g/mol. The minimum atomic E-state index is -0.148. The summed E-state index contributed by atoms with van der Waals surface area (Å²) < 4.78 is 10.6. The molecule has 1 aromatic carbocycles. The molecule has 0 radical (unpaired) electrons. The molecule has 1 aromatic rings. The van der Waals surface area contributed by atoms with Crippen LogP contribution in [0.2, 0.25) is 0 Å². The van der Waals surface area contributed by atoms with Crippen LogP contribution in [0, 0.1) is 0 Å². The van der Waals surface area contributed by atoms with Crippen molar-refractivity contribution in [1.82, 2.24) is 5.32 Å². The van der Waals surface area contributed by atoms with Crippen LogP contribution in [-0.4, -0.2) is 32.0 Å². The summed E-state index contributed by atoms with van der Waals surface area (Å²) in [5.41, 5.74) is 0.916. The molecule has 0 saturated carbocycles. The van der Waals surface area contributed by atoms with Gasteiger partial charge in [0.25, 0.3) is 0 Å². The number of hydrogen-bond acceptors (Lipinski definition) is 4. The Hall–Kier alpha value is -1.26. The van der Waals surface area contributed by atoms with Crippen LogP contribution in [0.15, 0.2) is 18.2 Å². The first kappa shape index (κ1) is 14.8. The monoisotopic (exact) mass is 253 g/mol. The van der Waals surface area contributed by atoms with E-state index in [4.69, 9.17) is 9.47 Å². The highest BCUT2D eigenvalue weighted by Gasteiger charge is 2.17. The van der Waals surface area contributed by atoms with Gasteiger partial charge in [-0.3, -0.25) is 0 Å². The Bertz CT molecular complexity index is 368. The summed E-state index contributed by atoms with van der Waals surface area (Å²) >= 11 is 0. The van der Waals surface area contributed by atoms with E-state index in [1.54, 1.807) is 14.2 Å². The molecule has 0 heterocycles. The van der Waals surface area contributed by atoms with Gasteiger partial charge >= 0.3 is 0 Å². The lowest BCUT2D eigenvalue weighted by Crippen LogP contribution is -2.32. The van der Waals surface area contributed by atoms with Gasteiger partial charge in [0.15, 0.2) is 0 Å². The molecular formula is C14H23NO3. The molecule has 2 atom stereocenters. The van der Waals surface area contributed by atoms with Crippen molar-refractivity contribution in [3.8, 4) is 11.5 Å². The molecule has 0 saturated heterocycles. The van der Waals surface area contributed by atoms with Crippen LogP contribution in [0.25, 0.3) is 0 Å². The van der Waals surface area contributed by atoms with Gasteiger partial charge in [-0.15, -0.1) is 0 Å². The van der Waals surface area contributed by atoms with E-state index in [1.165, 1.54) is 0 Å². The standard InChI is InChI=1S/C14H23NO3/c1-5-10(2)15-13(9-16)12-8-11(17-3)6-7-14(12)18-4/h6-8,10,13,15-16H,5,9H2,1-4H3. The number of rotatable bonds is 7. The highest BCUT2D eigenvalue weighted by molar-refractivity contribution is 5.42. The largest absolute Gasteiger partial charge is 0.497 e. The fourth-order valence-corrected chi connectivity index (χ4v) is 1.81. The summed E-state index contributed by atoms with van der Waals surface area (Å²) in [6.07, 6.45) is 1.00. The molecule has 2 N–H and O–H groups in total. The minimum Gasteiger partial charge on any atom is -0.497 e. The lowest BCUT2D eigenvalue weighted by molar-refractivity contribution is 0.230. The predicted molar refractivity (Wildman–Crippen MR) is 72.3 cm³/mol. The number of aliphatic hydroxyl groups is 1. The fraction of sp³-hybridized carbons (Fsp3) is 0.571. The van der Waals surface area contributed by atoms with Crippen molar-refractivity contribution in [3.63, 3.8) is 0 Å². The molecule has 0 aliphatic rings. The third kappa shape index (κ3) is 3.62. The molecule has 4 nitrogen and oxygen atoms in total. The number of hydrogen-bond donors (Lipinski definition) is 2. The second kappa shape index (κ2) is 7.24. The predicted octanol–water partition coefficient (Wildman–Crippen LogP) is 2.13. The third-order valence-electron chi connectivity index (χ3n) is 3.09. The molecule has 2 unspecified atom stereocenters. The quantitative estimate of drug-likeness (QED) is 0.781. The molecule has 18 heavy (non-hydrogen) atoms. The SMILES string of the molecule is CCC(C)NC(CO)c1cc(OC)ccc1OC. The molecule has 4 heteroatoms. The van der Waals surface area contributed by atoms with Crippen molar-refractivity contribution in [3.05, 3.63) is 23.8 Å². The Morgan fingerprint density at radius 1 is 1.28 bits per heavy atom. The molecule has 0 fully saturated rings. The van der Waals surface area contributed by atoms with Gasteiger partial charge in [0, 0.05) is 11.6 Å². The van der Waals surface area contributed by atoms with Gasteiger partial charge in [-0.1, -0.05) is 6.92 Å². The zero-order valence-electron chi connectivity index (χ0n) is 11.6. The summed E-state index contributed by atoms with van der Waals surface area (Å²) in [5, 5.41) is 12.9. The Labute approximate surface area is 109 Å². The van der Waals surface area contributed by atoms with E-state index in [0.717, 1.165) is 23.5 Å². The summed E-state index contributed by atoms with van der Waals surface area (Å²) in [4.78, 5) is 0. The number of benzene rings is 1. The lowest BCUT2D eigenvalue weighted by Gasteiger charge is -2.23. The maximum absolute atomic E-state index is 9.55. The van der Waals surface area contributed by atoms with Crippen molar-refractivity contribution in [2.45, 2.75) is 32.4 Å². The van der Waals surface area contributed by atoms with E-state index in [1.807, 2.05) is 18.2 Å². The Balaban J connectivity index is 3.01. The molecule has 0 bridgehead atoms. The van der Waals surface area contributed by atoms with Gasteiger partial charge in [-0.05, 0) is 31.5 Å². The smallest absolute Gasteiger partial charge is 0.123 e. The Kier molecular flexibility index (Phi) is 5.95. The van der Waals surface area contributed by atoms with Gasteiger partial charge in [-0.25, -0.2) is 0 Å². The van der Waals surface area contributed by atoms with Crippen LogP contribution in [0.4, 0.5) is 0 Å². The first-order valence-corrected chi connectivity index (χ1v) is 6.25. The first-order chi connectivity index (χ1) is 8.65. The number of aliphatic hydroxyl groups excluding tert-OH is 1. The van der Waals surface area contributed by atoms with Gasteiger partial charge in [0.2, 0.25) is 0 Å². The van der Waals surface area contributed by atoms with E-state index in [-0.39, 0.29) is 12.6 Å². The van der Waals surface area contributed by atoms with Crippen molar-refractivity contribution < 1.29 is 14.6 Å². The molecule has 1 rings (SSSR count). The molecule has 0 amide bonds. The topological polar surface area (TPSA) is 50.7 Å². The van der Waals surface area contributed by atoms with Gasteiger partial charge in [-0.2, -0.15) is 0 Å². The summed E-state index contributed by atoms with van der Waals surface area (Å²) in [6, 6.07) is 5.78. The van der Waals surface area contributed by atoms with Crippen LogP contribution in [0.3, 0.4) is 0 Å². The van der Waals surface area contributed by atoms with E-state index in [2.05, 4.69) is 19.2 Å². The van der Waals surface area contributed by atoms with Gasteiger partial charge in [0.1, 0.15) is 11.5 Å². The van der Waals surface area contributed by atoms with Gasteiger partial charge in [0.05, 0.1) is 26.9 Å². The molecule has 0 aromatic heterocycles. The lowest BCUT2D eigenvalue weighted by atomic mass is 10.0. The average Bonchev–Trinajstić information content (AvgIpc) is 2.43. The summed E-state index contributed by atoms with van der Waals surface area (Å²) in [7, 11) is 3.25. The summed E-state index contributed by atoms with van der Waals surface area (Å²) in [6.45, 7) is 4.22. The maximum atomic E-state index is 9.55. The maximum Gasteiger partial charge on any atom is 0.123 e. The minimum absolute atomic E-state index is 0.0217. The Morgan fingerprint density at radius 2 is 2.00 bits per heavy atom. The van der Waals surface area contributed by atoms with Crippen LogP contribution >= 0.6 is 0 Å². The van der Waals surface area contributed by atoms with Crippen LogP contribution in [0.5, 0.6) is 11.5 Å². The van der Waals surface area contributed by atoms with Crippen LogP contribution in [0.1, 0.15) is 31.9 Å². The van der Waals surface area contributed by atoms with E-state index in [9.17, 15) is 5.11 Å². The second-order valence-electron chi connectivity index (χ2n) is 4.32. The average molecular weight is 253 g/mol. The van der Waals surface area contributed by atoms with Crippen molar-refractivity contribution in [1.29, 1.82) is 0 Å². The van der Waals surface area contributed by atoms with Crippen molar-refractivity contribution in [2.24, 2.45) is 0 Å². The number of methoxy groups -OCH3 is 2. The fourth-order valence-electron chi connectivity index (χ4n) is 1.81. The van der Waals surface area contributed by atoms with Crippen LogP contribution in [-0.2, 0) is 0 Å². The normalized spacial score (nSPS) is 14.1. The van der Waals surface area contributed by atoms with Gasteiger partial charge < -0.3 is 19.9 Å². The third-order valence-corrected chi connectivity index (χ3v) is 3.09. The number of nitrogens with one attached hydrogen (secondary N) is 1. The van der Waals surface area contributed by atoms with E-state index < -0.39 is 0 Å². The molecule has 0 spiro atoms. The van der Waals surface area contributed by atoms with E-state index in [0.29, 0.717) is 6.04 Å². The van der Waals surface area contributed by atoms with Crippen molar-refractivity contribution >= 4 is 0 Å². The molecule has 0 aliphatic heterocycles. The summed E-state index contributed by atoms with van der Waals surface area (Å²) in [5.74, 6) is 1.51. The highest BCUT2D eigenvalue weighted by atomic mass is 16.5. The van der Waals surface area contributed by atoms with Crippen molar-refractivity contribution in [2.75, 3.05) is 20.8 Å². The number of ether oxygens (including phenoxy) is 2. The molecule has 102 valence electrons. The highest BCUT2D eigenvalue weighted by Crippen LogP contribution is 2.29. The zero-order chi connectivity index (χ0) is 13.5.